The Morgan fingerprint density at radius 1 is 0.407 bits per heavy atom. The highest BCUT2D eigenvalue weighted by molar-refractivity contribution is 6.39. The van der Waals surface area contributed by atoms with E-state index in [9.17, 15) is 5.26 Å². The molecule has 0 amide bonds. The summed E-state index contributed by atoms with van der Waals surface area (Å²) in [7, 11) is 0. The summed E-state index contributed by atoms with van der Waals surface area (Å²) in [5.74, 6) is 1.68. The quantitative estimate of drug-likeness (QED) is 0.175. The zero-order chi connectivity index (χ0) is 39.0. The third-order valence-electron chi connectivity index (χ3n) is 11.4. The van der Waals surface area contributed by atoms with E-state index in [0.29, 0.717) is 23.0 Å². The zero-order valence-electron chi connectivity index (χ0n) is 31.4. The van der Waals surface area contributed by atoms with E-state index in [0.717, 1.165) is 93.6 Å². The maximum Gasteiger partial charge on any atom is 0.164 e. The van der Waals surface area contributed by atoms with Crippen molar-refractivity contribution in [2.45, 2.75) is 0 Å². The van der Waals surface area contributed by atoms with Gasteiger partial charge in [-0.05, 0) is 78.9 Å². The van der Waals surface area contributed by atoms with Crippen molar-refractivity contribution >= 4 is 65.6 Å². The number of nitrogens with zero attached hydrogens (tertiary/aromatic N) is 6. The normalized spacial score (nSPS) is 11.7. The lowest BCUT2D eigenvalue weighted by atomic mass is 10.0. The molecule has 59 heavy (non-hydrogen) atoms. The largest absolute Gasteiger partial charge is 0.455 e. The van der Waals surface area contributed by atoms with Crippen molar-refractivity contribution in [1.82, 2.24) is 24.1 Å². The topological polar surface area (TPSA) is 85.5 Å². The molecular formula is C52H30N6O. The Morgan fingerprint density at radius 3 is 1.44 bits per heavy atom. The van der Waals surface area contributed by atoms with Crippen LogP contribution in [0.15, 0.2) is 186 Å². The van der Waals surface area contributed by atoms with Gasteiger partial charge in [0.05, 0.1) is 44.5 Å². The minimum atomic E-state index is 0.539. The summed E-state index contributed by atoms with van der Waals surface area (Å²) < 4.78 is 11.7. The Bertz CT molecular complexity index is 3650. The van der Waals surface area contributed by atoms with Crippen LogP contribution in [0, 0.1) is 11.3 Å². The number of hydrogen-bond donors (Lipinski definition) is 0. The number of rotatable bonds is 5. The first-order valence-electron chi connectivity index (χ1n) is 19.5. The van der Waals surface area contributed by atoms with Gasteiger partial charge in [-0.2, -0.15) is 5.26 Å². The third-order valence-corrected chi connectivity index (χ3v) is 11.4. The fraction of sp³-hybridized carbons (Fsp3) is 0. The van der Waals surface area contributed by atoms with Crippen LogP contribution in [0.5, 0.6) is 0 Å². The van der Waals surface area contributed by atoms with E-state index in [1.165, 1.54) is 0 Å². The van der Waals surface area contributed by atoms with Gasteiger partial charge in [0.2, 0.25) is 0 Å². The van der Waals surface area contributed by atoms with Gasteiger partial charge in [0.1, 0.15) is 11.2 Å². The number of aromatic nitrogens is 5. The van der Waals surface area contributed by atoms with E-state index in [-0.39, 0.29) is 0 Å². The number of hydrogen-bond acceptors (Lipinski definition) is 5. The Kier molecular flexibility index (Phi) is 7.16. The minimum absolute atomic E-state index is 0.539. The summed E-state index contributed by atoms with van der Waals surface area (Å²) in [5, 5.41) is 16.1. The van der Waals surface area contributed by atoms with Crippen molar-refractivity contribution in [3.63, 3.8) is 0 Å². The van der Waals surface area contributed by atoms with Crippen molar-refractivity contribution in [2.24, 2.45) is 0 Å². The molecule has 0 N–H and O–H groups in total. The van der Waals surface area contributed by atoms with E-state index >= 15 is 0 Å². The van der Waals surface area contributed by atoms with Crippen LogP contribution in [0.3, 0.4) is 0 Å². The predicted octanol–water partition coefficient (Wildman–Crippen LogP) is 12.8. The first-order valence-corrected chi connectivity index (χ1v) is 19.5. The van der Waals surface area contributed by atoms with Gasteiger partial charge in [-0.3, -0.25) is 0 Å². The fourth-order valence-corrected chi connectivity index (χ4v) is 8.80. The van der Waals surface area contributed by atoms with E-state index in [4.69, 9.17) is 19.4 Å². The van der Waals surface area contributed by atoms with E-state index in [1.54, 1.807) is 12.1 Å². The molecule has 274 valence electrons. The summed E-state index contributed by atoms with van der Waals surface area (Å²) in [6.45, 7) is 0. The molecule has 0 aliphatic carbocycles. The molecule has 0 spiro atoms. The lowest BCUT2D eigenvalue weighted by Crippen LogP contribution is -2.00. The molecule has 12 rings (SSSR count). The molecule has 0 saturated heterocycles. The summed E-state index contributed by atoms with van der Waals surface area (Å²) in [5.41, 5.74) is 11.3. The molecule has 7 nitrogen and oxygen atoms in total. The number of nitriles is 1. The van der Waals surface area contributed by atoms with E-state index in [1.807, 2.05) is 48.5 Å². The lowest BCUT2D eigenvalue weighted by molar-refractivity contribution is 0.673. The third kappa shape index (κ3) is 4.97. The van der Waals surface area contributed by atoms with Gasteiger partial charge in [-0.25, -0.2) is 15.0 Å². The highest BCUT2D eigenvalue weighted by Crippen LogP contribution is 2.49. The summed E-state index contributed by atoms with van der Waals surface area (Å²) >= 11 is 0. The number of benzene rings is 8. The van der Waals surface area contributed by atoms with Crippen molar-refractivity contribution in [3.8, 4) is 51.6 Å². The van der Waals surface area contributed by atoms with Crippen LogP contribution in [0.25, 0.3) is 111 Å². The Hall–Kier alpha value is -8.34. The molecule has 0 saturated carbocycles. The Balaban J connectivity index is 1.14. The summed E-state index contributed by atoms with van der Waals surface area (Å²) in [6, 6.07) is 64.3. The van der Waals surface area contributed by atoms with E-state index < -0.39 is 0 Å². The molecular weight excluding hydrogens is 725 g/mol. The van der Waals surface area contributed by atoms with Crippen LogP contribution in [-0.2, 0) is 0 Å². The average Bonchev–Trinajstić information content (AvgIpc) is 3.98. The molecule has 0 fully saturated rings. The Labute approximate surface area is 337 Å². The first kappa shape index (κ1) is 32.9. The first-order chi connectivity index (χ1) is 29.2. The van der Waals surface area contributed by atoms with Crippen LogP contribution < -0.4 is 0 Å². The summed E-state index contributed by atoms with van der Waals surface area (Å²) in [4.78, 5) is 14.9. The average molecular weight is 755 g/mol. The molecule has 0 aliphatic heterocycles. The highest BCUT2D eigenvalue weighted by Gasteiger charge is 2.27. The van der Waals surface area contributed by atoms with Gasteiger partial charge >= 0.3 is 0 Å². The second kappa shape index (κ2) is 12.8. The van der Waals surface area contributed by atoms with E-state index in [2.05, 4.69) is 137 Å². The molecule has 7 heteroatoms. The number of fused-ring (bicyclic) bond motifs is 12. The molecule has 0 radical (unpaired) electrons. The summed E-state index contributed by atoms with van der Waals surface area (Å²) in [6.07, 6.45) is 0. The van der Waals surface area contributed by atoms with Gasteiger partial charge < -0.3 is 13.6 Å². The van der Waals surface area contributed by atoms with Crippen LogP contribution >= 0.6 is 0 Å². The van der Waals surface area contributed by atoms with Crippen molar-refractivity contribution in [1.29, 1.82) is 5.26 Å². The molecule has 0 bridgehead atoms. The predicted molar refractivity (Wildman–Crippen MR) is 237 cm³/mol. The Morgan fingerprint density at radius 2 is 0.847 bits per heavy atom. The van der Waals surface area contributed by atoms with Crippen LogP contribution in [0.4, 0.5) is 0 Å². The molecule has 4 heterocycles. The van der Waals surface area contributed by atoms with Crippen LogP contribution in [-0.4, -0.2) is 24.1 Å². The van der Waals surface area contributed by atoms with Crippen molar-refractivity contribution in [2.75, 3.05) is 0 Å². The molecule has 0 atom stereocenters. The second-order valence-electron chi connectivity index (χ2n) is 14.7. The zero-order valence-corrected chi connectivity index (χ0v) is 31.4. The molecule has 12 aromatic rings. The minimum Gasteiger partial charge on any atom is -0.455 e. The van der Waals surface area contributed by atoms with Gasteiger partial charge in [0.25, 0.3) is 0 Å². The molecule has 4 aromatic heterocycles. The van der Waals surface area contributed by atoms with Crippen molar-refractivity contribution < 1.29 is 4.42 Å². The van der Waals surface area contributed by atoms with Gasteiger partial charge in [0, 0.05) is 49.6 Å². The maximum atomic E-state index is 9.42. The smallest absolute Gasteiger partial charge is 0.164 e. The molecule has 0 unspecified atom stereocenters. The van der Waals surface area contributed by atoms with Crippen molar-refractivity contribution in [3.05, 3.63) is 188 Å². The fourth-order valence-electron chi connectivity index (χ4n) is 8.80. The standard InChI is InChI=1S/C52H30N6O/c53-31-32-23-25-34(26-24-32)51-54-50(33-13-3-1-4-14-33)55-52(56-51)35-27-29-37(30-28-35)58-41-20-10-7-17-38(41)44-47-45(49-46(48(44)58)40-19-9-12-22-43(40)59-49)39-18-8-11-21-42(39)57(47)36-15-5-2-6-16-36/h1-30H. The van der Waals surface area contributed by atoms with Crippen LogP contribution in [0.2, 0.25) is 0 Å². The number of para-hydroxylation sites is 4. The lowest BCUT2D eigenvalue weighted by Gasteiger charge is -2.12. The van der Waals surface area contributed by atoms with Gasteiger partial charge in [-0.1, -0.05) is 103 Å². The molecule has 8 aromatic carbocycles. The highest BCUT2D eigenvalue weighted by atomic mass is 16.3. The molecule has 0 aliphatic rings. The SMILES string of the molecule is N#Cc1ccc(-c2nc(-c3ccccc3)nc(-c3ccc(-n4c5ccccc5c5c6c(c7ccccc7n6-c6ccccc6)c6oc7ccccc7c6c54)cc3)n2)cc1. The second-order valence-corrected chi connectivity index (χ2v) is 14.7. The van der Waals surface area contributed by atoms with Gasteiger partial charge in [0.15, 0.2) is 17.5 Å². The van der Waals surface area contributed by atoms with Gasteiger partial charge in [-0.15, -0.1) is 0 Å². The maximum absolute atomic E-state index is 9.42. The monoisotopic (exact) mass is 754 g/mol. The number of furan rings is 1. The van der Waals surface area contributed by atoms with Crippen LogP contribution in [0.1, 0.15) is 5.56 Å².